The van der Waals surface area contributed by atoms with Crippen LogP contribution >= 0.6 is 0 Å². The zero-order valence-electron chi connectivity index (χ0n) is 21.7. The predicted octanol–water partition coefficient (Wildman–Crippen LogP) is 3.17. The van der Waals surface area contributed by atoms with Crippen molar-refractivity contribution in [3.8, 4) is 0 Å². The van der Waals surface area contributed by atoms with Crippen molar-refractivity contribution in [1.29, 1.82) is 0 Å². The highest BCUT2D eigenvalue weighted by Crippen LogP contribution is 2.04. The molecular weight excluding hydrogens is 460 g/mol. The molecule has 1 unspecified atom stereocenters. The molecule has 0 aromatic heterocycles. The number of methoxy groups -OCH3 is 1. The smallest absolute Gasteiger partial charge is 0.305 e. The summed E-state index contributed by atoms with van der Waals surface area (Å²) in [6.07, 6.45) is 5.23. The Morgan fingerprint density at radius 1 is 0.600 bits per heavy atom. The Kier molecular flexibility index (Phi) is 22.3. The number of hydrogen-bond acceptors (Lipinski definition) is 10. The molecule has 10 nitrogen and oxygen atoms in total. The molecule has 0 saturated carbocycles. The van der Waals surface area contributed by atoms with Crippen LogP contribution in [0.25, 0.3) is 0 Å². The molecule has 0 aromatic rings. The Morgan fingerprint density at radius 3 is 1.63 bits per heavy atom. The van der Waals surface area contributed by atoms with Crippen molar-refractivity contribution in [3.05, 3.63) is 0 Å². The quantitative estimate of drug-likeness (QED) is 0.110. The summed E-state index contributed by atoms with van der Waals surface area (Å²) in [6, 6.07) is 0. The van der Waals surface area contributed by atoms with Crippen molar-refractivity contribution < 1.29 is 47.6 Å². The van der Waals surface area contributed by atoms with Crippen LogP contribution in [-0.2, 0) is 47.6 Å². The number of Topliss-reactive ketones (excluding diaryl/α,β-unsaturated/α-hetero) is 1. The van der Waals surface area contributed by atoms with E-state index in [9.17, 15) is 19.2 Å². The average molecular weight is 505 g/mol. The molecule has 0 amide bonds. The number of carbonyl (C=O) groups is 4. The van der Waals surface area contributed by atoms with Crippen molar-refractivity contribution >= 4 is 23.7 Å². The molecular formula is C25H44O10. The summed E-state index contributed by atoms with van der Waals surface area (Å²) >= 11 is 0. The van der Waals surface area contributed by atoms with E-state index in [1.165, 1.54) is 6.92 Å². The van der Waals surface area contributed by atoms with Gasteiger partial charge >= 0.3 is 17.9 Å². The first-order chi connectivity index (χ1) is 16.8. The van der Waals surface area contributed by atoms with Gasteiger partial charge in [0.25, 0.3) is 0 Å². The molecule has 0 heterocycles. The zero-order chi connectivity index (χ0) is 26.2. The van der Waals surface area contributed by atoms with Crippen molar-refractivity contribution in [1.82, 2.24) is 0 Å². The van der Waals surface area contributed by atoms with Crippen LogP contribution < -0.4 is 0 Å². The first kappa shape index (κ1) is 33.0. The minimum atomic E-state index is -0.325. The Bertz CT molecular complexity index is 579. The van der Waals surface area contributed by atoms with E-state index in [4.69, 9.17) is 28.4 Å². The second-order valence-corrected chi connectivity index (χ2v) is 8.23. The molecule has 0 aliphatic rings. The van der Waals surface area contributed by atoms with Gasteiger partial charge in [-0.2, -0.15) is 0 Å². The Balaban J connectivity index is 3.49. The lowest BCUT2D eigenvalue weighted by atomic mass is 10.1. The van der Waals surface area contributed by atoms with Crippen molar-refractivity contribution in [2.24, 2.45) is 0 Å². The summed E-state index contributed by atoms with van der Waals surface area (Å²) in [5, 5.41) is 0. The maximum atomic E-state index is 11.7. The lowest BCUT2D eigenvalue weighted by Crippen LogP contribution is -2.21. The van der Waals surface area contributed by atoms with Gasteiger partial charge in [0.05, 0.1) is 32.5 Å². The second-order valence-electron chi connectivity index (χ2n) is 8.23. The van der Waals surface area contributed by atoms with Crippen LogP contribution in [0.5, 0.6) is 0 Å². The highest BCUT2D eigenvalue weighted by Gasteiger charge is 2.08. The highest BCUT2D eigenvalue weighted by atomic mass is 16.6. The zero-order valence-corrected chi connectivity index (χ0v) is 21.7. The summed E-state index contributed by atoms with van der Waals surface area (Å²) in [5.41, 5.74) is 0. The molecule has 0 N–H and O–H groups in total. The molecule has 0 rings (SSSR count). The van der Waals surface area contributed by atoms with Crippen molar-refractivity contribution in [3.63, 3.8) is 0 Å². The fraction of sp³-hybridized carbons (Fsp3) is 0.840. The molecule has 0 aromatic carbocycles. The molecule has 35 heavy (non-hydrogen) atoms. The standard InChI is InChI=1S/C25H44O10/c1-21(26)10-4-5-11-25(29)35-19-18-32-22(2)20-31-16-17-34-24(28)13-7-6-12-23(27)33-15-9-8-14-30-3/h22H,4-20H2,1-3H3. The minimum Gasteiger partial charge on any atom is -0.466 e. The largest absolute Gasteiger partial charge is 0.466 e. The fourth-order valence-electron chi connectivity index (χ4n) is 2.85. The van der Waals surface area contributed by atoms with Gasteiger partial charge in [0.1, 0.15) is 19.0 Å². The minimum absolute atomic E-state index is 0.123. The van der Waals surface area contributed by atoms with Crippen molar-refractivity contribution in [2.45, 2.75) is 84.2 Å². The number of ether oxygens (including phenoxy) is 6. The van der Waals surface area contributed by atoms with E-state index in [0.717, 1.165) is 12.8 Å². The van der Waals surface area contributed by atoms with Crippen LogP contribution in [0.2, 0.25) is 0 Å². The molecule has 10 heteroatoms. The molecule has 0 bridgehead atoms. The van der Waals surface area contributed by atoms with Gasteiger partial charge < -0.3 is 33.2 Å². The summed E-state index contributed by atoms with van der Waals surface area (Å²) in [5.74, 6) is -0.748. The third-order valence-corrected chi connectivity index (χ3v) is 4.77. The molecule has 0 spiro atoms. The number of hydrogen-bond donors (Lipinski definition) is 0. The predicted molar refractivity (Wildman–Crippen MR) is 128 cm³/mol. The van der Waals surface area contributed by atoms with Gasteiger partial charge in [0.2, 0.25) is 0 Å². The summed E-state index contributed by atoms with van der Waals surface area (Å²) in [7, 11) is 1.63. The van der Waals surface area contributed by atoms with Crippen LogP contribution in [0.3, 0.4) is 0 Å². The van der Waals surface area contributed by atoms with Crippen LogP contribution in [-0.4, -0.2) is 83.2 Å². The molecule has 1 atom stereocenters. The number of ketones is 1. The number of carbonyl (C=O) groups excluding carboxylic acids is 4. The summed E-state index contributed by atoms with van der Waals surface area (Å²) < 4.78 is 31.1. The lowest BCUT2D eigenvalue weighted by Gasteiger charge is -2.13. The van der Waals surface area contributed by atoms with Crippen LogP contribution in [0.15, 0.2) is 0 Å². The van der Waals surface area contributed by atoms with Crippen LogP contribution in [0, 0.1) is 0 Å². The molecule has 204 valence electrons. The van der Waals surface area contributed by atoms with E-state index < -0.39 is 0 Å². The van der Waals surface area contributed by atoms with Crippen LogP contribution in [0.1, 0.15) is 78.1 Å². The third-order valence-electron chi connectivity index (χ3n) is 4.77. The SMILES string of the molecule is COCCCCOC(=O)CCCCC(=O)OCCOCC(C)OCCOC(=O)CCCCC(C)=O. The fourth-order valence-corrected chi connectivity index (χ4v) is 2.85. The molecule has 0 aliphatic carbocycles. The summed E-state index contributed by atoms with van der Waals surface area (Å²) in [6.45, 7) is 5.57. The number of unbranched alkanes of at least 4 members (excludes halogenated alkanes) is 3. The van der Waals surface area contributed by atoms with E-state index in [1.54, 1.807) is 7.11 Å². The van der Waals surface area contributed by atoms with E-state index in [1.807, 2.05) is 6.92 Å². The number of rotatable bonds is 24. The lowest BCUT2D eigenvalue weighted by molar-refractivity contribution is -0.148. The van der Waals surface area contributed by atoms with Gasteiger partial charge in [-0.3, -0.25) is 14.4 Å². The Labute approximate surface area is 209 Å². The first-order valence-corrected chi connectivity index (χ1v) is 12.5. The normalized spacial score (nSPS) is 11.6. The average Bonchev–Trinajstić information content (AvgIpc) is 2.82. The summed E-state index contributed by atoms with van der Waals surface area (Å²) in [4.78, 5) is 45.7. The van der Waals surface area contributed by atoms with E-state index >= 15 is 0 Å². The van der Waals surface area contributed by atoms with E-state index in [2.05, 4.69) is 0 Å². The Morgan fingerprint density at radius 2 is 1.09 bits per heavy atom. The van der Waals surface area contributed by atoms with Gasteiger partial charge in [-0.1, -0.05) is 0 Å². The maximum Gasteiger partial charge on any atom is 0.305 e. The van der Waals surface area contributed by atoms with Gasteiger partial charge in [-0.05, 0) is 52.4 Å². The molecule has 0 saturated heterocycles. The van der Waals surface area contributed by atoms with E-state index in [-0.39, 0.29) is 62.6 Å². The van der Waals surface area contributed by atoms with Crippen LogP contribution in [0.4, 0.5) is 0 Å². The Hall–Kier alpha value is -2.04. The van der Waals surface area contributed by atoms with Gasteiger partial charge in [0, 0.05) is 39.4 Å². The van der Waals surface area contributed by atoms with Gasteiger partial charge in [-0.25, -0.2) is 0 Å². The third kappa shape index (κ3) is 24.9. The number of esters is 3. The van der Waals surface area contributed by atoms with Gasteiger partial charge in [0.15, 0.2) is 0 Å². The molecule has 0 aliphatic heterocycles. The molecule has 0 radical (unpaired) electrons. The van der Waals surface area contributed by atoms with E-state index in [0.29, 0.717) is 64.8 Å². The highest BCUT2D eigenvalue weighted by molar-refractivity contribution is 5.75. The second kappa shape index (κ2) is 23.7. The topological polar surface area (TPSA) is 124 Å². The van der Waals surface area contributed by atoms with Crippen molar-refractivity contribution in [2.75, 3.05) is 53.4 Å². The maximum absolute atomic E-state index is 11.7. The molecule has 0 fully saturated rings. The first-order valence-electron chi connectivity index (χ1n) is 12.5. The van der Waals surface area contributed by atoms with Gasteiger partial charge in [-0.15, -0.1) is 0 Å². The monoisotopic (exact) mass is 504 g/mol.